The minimum atomic E-state index is -3.66. The van der Waals surface area contributed by atoms with E-state index in [4.69, 9.17) is 4.42 Å². The van der Waals surface area contributed by atoms with Crippen molar-refractivity contribution in [3.8, 4) is 0 Å². The quantitative estimate of drug-likeness (QED) is 0.717. The van der Waals surface area contributed by atoms with E-state index in [-0.39, 0.29) is 22.9 Å². The zero-order valence-corrected chi connectivity index (χ0v) is 15.9. The molecule has 3 aromatic rings. The van der Waals surface area contributed by atoms with Crippen LogP contribution >= 0.6 is 0 Å². The minimum absolute atomic E-state index is 0.00487. The Bertz CT molecular complexity index is 1180. The summed E-state index contributed by atoms with van der Waals surface area (Å²) >= 11 is 0. The van der Waals surface area contributed by atoms with Gasteiger partial charge in [-0.05, 0) is 30.7 Å². The number of fused-ring (bicyclic) bond motifs is 1. The fourth-order valence-corrected chi connectivity index (χ4v) is 3.53. The maximum atomic E-state index is 12.3. The molecule has 0 aliphatic carbocycles. The Hall–Kier alpha value is -2.91. The van der Waals surface area contributed by atoms with Crippen LogP contribution in [0.2, 0.25) is 0 Å². The van der Waals surface area contributed by atoms with Crippen LogP contribution in [-0.2, 0) is 21.4 Å². The van der Waals surface area contributed by atoms with Gasteiger partial charge in [-0.1, -0.05) is 18.2 Å². The number of sulfonamides is 1. The van der Waals surface area contributed by atoms with Gasteiger partial charge in [0.1, 0.15) is 6.54 Å². The van der Waals surface area contributed by atoms with Crippen molar-refractivity contribution in [1.82, 2.24) is 8.87 Å². The highest BCUT2D eigenvalue weighted by Crippen LogP contribution is 2.20. The lowest BCUT2D eigenvalue weighted by atomic mass is 10.2. The van der Waals surface area contributed by atoms with E-state index in [1.807, 2.05) is 19.1 Å². The molecule has 0 saturated heterocycles. The Balaban J connectivity index is 1.92. The van der Waals surface area contributed by atoms with Gasteiger partial charge in [-0.2, -0.15) is 0 Å². The zero-order valence-electron chi connectivity index (χ0n) is 15.1. The first-order chi connectivity index (χ1) is 12.7. The predicted molar refractivity (Wildman–Crippen MR) is 101 cm³/mol. The molecule has 3 rings (SSSR count). The van der Waals surface area contributed by atoms with Crippen LogP contribution in [-0.4, -0.2) is 37.3 Å². The second-order valence-electron chi connectivity index (χ2n) is 6.23. The van der Waals surface area contributed by atoms with Crippen LogP contribution in [0.5, 0.6) is 0 Å². The van der Waals surface area contributed by atoms with Crippen molar-refractivity contribution in [3.05, 3.63) is 58.6 Å². The first-order valence-electron chi connectivity index (χ1n) is 8.11. The highest BCUT2D eigenvalue weighted by molar-refractivity contribution is 7.89. The molecule has 0 aliphatic heterocycles. The molecule has 0 bridgehead atoms. The Morgan fingerprint density at radius 3 is 2.56 bits per heavy atom. The normalized spacial score (nSPS) is 11.9. The van der Waals surface area contributed by atoms with Crippen LogP contribution in [0, 0.1) is 6.92 Å². The smallest absolute Gasteiger partial charge is 0.408 e. The number of amides is 1. The number of oxazole rings is 1. The van der Waals surface area contributed by atoms with Crippen molar-refractivity contribution in [2.24, 2.45) is 0 Å². The molecule has 0 unspecified atom stereocenters. The molecule has 0 spiro atoms. The lowest BCUT2D eigenvalue weighted by Crippen LogP contribution is -2.25. The SMILES string of the molecule is Cc1ccccc1NC(=O)Cn1c(=O)oc2cc(S(=O)(=O)N(C)C)ccc21. The number of anilines is 1. The van der Waals surface area contributed by atoms with Gasteiger partial charge < -0.3 is 9.73 Å². The lowest BCUT2D eigenvalue weighted by molar-refractivity contribution is -0.116. The summed E-state index contributed by atoms with van der Waals surface area (Å²) in [5.41, 5.74) is 2.00. The summed E-state index contributed by atoms with van der Waals surface area (Å²) in [5.74, 6) is -1.12. The fourth-order valence-electron chi connectivity index (χ4n) is 2.61. The maximum Gasteiger partial charge on any atom is 0.420 e. The van der Waals surface area contributed by atoms with Gasteiger partial charge in [-0.3, -0.25) is 9.36 Å². The van der Waals surface area contributed by atoms with Crippen LogP contribution in [0.15, 0.2) is 56.6 Å². The summed E-state index contributed by atoms with van der Waals surface area (Å²) in [7, 11) is -0.831. The molecule has 0 aliphatic rings. The zero-order chi connectivity index (χ0) is 19.8. The van der Waals surface area contributed by atoms with E-state index in [0.717, 1.165) is 14.4 Å². The molecular weight excluding hydrogens is 370 g/mol. The second kappa shape index (κ2) is 7.01. The third-order valence-corrected chi connectivity index (χ3v) is 5.95. The number of benzene rings is 2. The number of rotatable bonds is 5. The van der Waals surface area contributed by atoms with Gasteiger partial charge in [-0.15, -0.1) is 0 Å². The van der Waals surface area contributed by atoms with Crippen LogP contribution in [0.1, 0.15) is 5.56 Å². The number of hydrogen-bond donors (Lipinski definition) is 1. The van der Waals surface area contributed by atoms with Crippen LogP contribution in [0.25, 0.3) is 11.1 Å². The third-order valence-electron chi connectivity index (χ3n) is 4.14. The van der Waals surface area contributed by atoms with Crippen molar-refractivity contribution in [3.63, 3.8) is 0 Å². The molecule has 1 N–H and O–H groups in total. The minimum Gasteiger partial charge on any atom is -0.408 e. The molecule has 0 fully saturated rings. The van der Waals surface area contributed by atoms with E-state index < -0.39 is 15.8 Å². The van der Waals surface area contributed by atoms with Gasteiger partial charge in [0.15, 0.2) is 5.58 Å². The number of nitrogens with one attached hydrogen (secondary N) is 1. The number of aryl methyl sites for hydroxylation is 1. The monoisotopic (exact) mass is 389 g/mol. The number of nitrogens with zero attached hydrogens (tertiary/aromatic N) is 2. The molecule has 0 radical (unpaired) electrons. The van der Waals surface area contributed by atoms with Crippen LogP contribution < -0.4 is 11.1 Å². The van der Waals surface area contributed by atoms with Gasteiger partial charge in [0, 0.05) is 25.8 Å². The number of carbonyl (C=O) groups excluding carboxylic acids is 1. The van der Waals surface area contributed by atoms with E-state index in [9.17, 15) is 18.0 Å². The Morgan fingerprint density at radius 2 is 1.89 bits per heavy atom. The largest absolute Gasteiger partial charge is 0.420 e. The maximum absolute atomic E-state index is 12.3. The summed E-state index contributed by atoms with van der Waals surface area (Å²) in [5, 5.41) is 2.75. The standard InChI is InChI=1S/C18H19N3O5S/c1-12-6-4-5-7-14(12)19-17(22)11-21-15-9-8-13(27(24,25)20(2)3)10-16(15)26-18(21)23/h4-10H,11H2,1-3H3,(H,19,22). The third kappa shape index (κ3) is 3.64. The topological polar surface area (TPSA) is 102 Å². The summed E-state index contributed by atoms with van der Waals surface area (Å²) < 4.78 is 31.8. The van der Waals surface area contributed by atoms with Crippen molar-refractivity contribution >= 4 is 32.7 Å². The van der Waals surface area contributed by atoms with Gasteiger partial charge >= 0.3 is 5.76 Å². The Labute approximate surface area is 156 Å². The summed E-state index contributed by atoms with van der Waals surface area (Å²) in [6.07, 6.45) is 0. The molecule has 0 atom stereocenters. The summed E-state index contributed by atoms with van der Waals surface area (Å²) in [6, 6.07) is 11.4. The van der Waals surface area contributed by atoms with E-state index in [1.54, 1.807) is 12.1 Å². The number of aromatic nitrogens is 1. The van der Waals surface area contributed by atoms with Crippen molar-refractivity contribution in [1.29, 1.82) is 0 Å². The summed E-state index contributed by atoms with van der Waals surface area (Å²) in [6.45, 7) is 1.61. The van der Waals surface area contributed by atoms with Gasteiger partial charge in [0.2, 0.25) is 15.9 Å². The average molecular weight is 389 g/mol. The second-order valence-corrected chi connectivity index (χ2v) is 8.39. The molecular formula is C18H19N3O5S. The molecule has 0 saturated carbocycles. The van der Waals surface area contributed by atoms with Crippen molar-refractivity contribution in [2.75, 3.05) is 19.4 Å². The highest BCUT2D eigenvalue weighted by atomic mass is 32.2. The van der Waals surface area contributed by atoms with Gasteiger partial charge in [0.05, 0.1) is 10.4 Å². The van der Waals surface area contributed by atoms with Gasteiger partial charge in [0.25, 0.3) is 0 Å². The van der Waals surface area contributed by atoms with Crippen molar-refractivity contribution in [2.45, 2.75) is 18.4 Å². The van der Waals surface area contributed by atoms with Crippen LogP contribution in [0.4, 0.5) is 5.69 Å². The van der Waals surface area contributed by atoms with Gasteiger partial charge in [-0.25, -0.2) is 17.5 Å². The summed E-state index contributed by atoms with van der Waals surface area (Å²) in [4.78, 5) is 24.5. The number of carbonyl (C=O) groups is 1. The molecule has 2 aromatic carbocycles. The fraction of sp³-hybridized carbons (Fsp3) is 0.222. The van der Waals surface area contributed by atoms with E-state index >= 15 is 0 Å². The lowest BCUT2D eigenvalue weighted by Gasteiger charge is -2.11. The van der Waals surface area contributed by atoms with E-state index in [0.29, 0.717) is 11.2 Å². The molecule has 142 valence electrons. The first kappa shape index (κ1) is 18.9. The number of hydrogen-bond acceptors (Lipinski definition) is 5. The molecule has 1 amide bonds. The highest BCUT2D eigenvalue weighted by Gasteiger charge is 2.20. The predicted octanol–water partition coefficient (Wildman–Crippen LogP) is 1.79. The molecule has 8 nitrogen and oxygen atoms in total. The Kier molecular flexibility index (Phi) is 4.90. The van der Waals surface area contributed by atoms with Crippen LogP contribution in [0.3, 0.4) is 0 Å². The molecule has 27 heavy (non-hydrogen) atoms. The number of para-hydroxylation sites is 1. The molecule has 1 heterocycles. The first-order valence-corrected chi connectivity index (χ1v) is 9.55. The van der Waals surface area contributed by atoms with E-state index in [1.165, 1.54) is 32.3 Å². The molecule has 9 heteroatoms. The van der Waals surface area contributed by atoms with E-state index in [2.05, 4.69) is 5.32 Å². The molecule has 1 aromatic heterocycles. The average Bonchev–Trinajstić information content (AvgIpc) is 2.91. The van der Waals surface area contributed by atoms with Crippen molar-refractivity contribution < 1.29 is 17.6 Å². The Morgan fingerprint density at radius 1 is 1.19 bits per heavy atom.